The molecule has 0 radical (unpaired) electrons. The van der Waals surface area contributed by atoms with Gasteiger partial charge in [-0.25, -0.2) is 0 Å². The Bertz CT molecular complexity index is 641. The van der Waals surface area contributed by atoms with E-state index in [9.17, 15) is 4.79 Å². The van der Waals surface area contributed by atoms with E-state index >= 15 is 0 Å². The first-order chi connectivity index (χ1) is 11.2. The summed E-state index contributed by atoms with van der Waals surface area (Å²) in [5, 5.41) is 0. The summed E-state index contributed by atoms with van der Waals surface area (Å²) in [5.41, 5.74) is 6.97. The molecule has 1 saturated heterocycles. The second-order valence-corrected chi connectivity index (χ2v) is 5.77. The van der Waals surface area contributed by atoms with Crippen LogP contribution in [-0.4, -0.2) is 35.0 Å². The topological polar surface area (TPSA) is 68.5 Å². The van der Waals surface area contributed by atoms with Crippen LogP contribution in [0.15, 0.2) is 48.7 Å². The maximum Gasteiger partial charge on any atom is 0.228 e. The summed E-state index contributed by atoms with van der Waals surface area (Å²) in [5.74, 6) is 1.00. The Labute approximate surface area is 148 Å². The van der Waals surface area contributed by atoms with Gasteiger partial charge in [-0.05, 0) is 24.3 Å². The number of benzene rings is 1. The van der Waals surface area contributed by atoms with Crippen molar-refractivity contribution in [1.82, 2.24) is 9.88 Å². The molecule has 0 spiro atoms. The Kier molecular flexibility index (Phi) is 6.44. The first-order valence-electron chi connectivity index (χ1n) is 7.90. The SMILES string of the molecule is Cl.Nc1ccc(CC(=O)N2CCC(Oc3ccccc3)CC2)nc1. The molecule has 1 amide bonds. The number of nitrogens with zero attached hydrogens (tertiary/aromatic N) is 2. The zero-order chi connectivity index (χ0) is 16.1. The number of nitrogens with two attached hydrogens (primary N) is 1. The summed E-state index contributed by atoms with van der Waals surface area (Å²) in [7, 11) is 0. The Morgan fingerprint density at radius 2 is 1.88 bits per heavy atom. The minimum atomic E-state index is 0. The maximum atomic E-state index is 12.3. The normalized spacial score (nSPS) is 14.8. The number of pyridine rings is 1. The summed E-state index contributed by atoms with van der Waals surface area (Å²) in [6.45, 7) is 1.45. The van der Waals surface area contributed by atoms with Gasteiger partial charge >= 0.3 is 0 Å². The number of para-hydroxylation sites is 1. The number of likely N-dealkylation sites (tertiary alicyclic amines) is 1. The molecule has 1 aliphatic heterocycles. The van der Waals surface area contributed by atoms with Gasteiger partial charge in [0.15, 0.2) is 0 Å². The molecule has 2 N–H and O–H groups in total. The fourth-order valence-corrected chi connectivity index (χ4v) is 2.72. The van der Waals surface area contributed by atoms with Gasteiger partial charge in [-0.15, -0.1) is 12.4 Å². The summed E-state index contributed by atoms with van der Waals surface area (Å²) >= 11 is 0. The van der Waals surface area contributed by atoms with Gasteiger partial charge in [0.1, 0.15) is 11.9 Å². The van der Waals surface area contributed by atoms with E-state index < -0.39 is 0 Å². The maximum absolute atomic E-state index is 12.3. The average Bonchev–Trinajstić information content (AvgIpc) is 2.58. The molecule has 6 heteroatoms. The molecule has 0 aliphatic carbocycles. The quantitative estimate of drug-likeness (QED) is 0.923. The monoisotopic (exact) mass is 347 g/mol. The van der Waals surface area contributed by atoms with Crippen molar-refractivity contribution in [3.8, 4) is 5.75 Å². The van der Waals surface area contributed by atoms with E-state index in [2.05, 4.69) is 4.98 Å². The van der Waals surface area contributed by atoms with Crippen molar-refractivity contribution >= 4 is 24.0 Å². The van der Waals surface area contributed by atoms with E-state index in [0.29, 0.717) is 12.1 Å². The van der Waals surface area contributed by atoms with Gasteiger partial charge in [-0.3, -0.25) is 9.78 Å². The number of amides is 1. The molecule has 24 heavy (non-hydrogen) atoms. The van der Waals surface area contributed by atoms with Gasteiger partial charge in [0, 0.05) is 31.6 Å². The molecule has 2 heterocycles. The molecular weight excluding hydrogens is 326 g/mol. The van der Waals surface area contributed by atoms with Crippen molar-refractivity contribution < 1.29 is 9.53 Å². The van der Waals surface area contributed by atoms with Gasteiger partial charge in [-0.2, -0.15) is 0 Å². The number of anilines is 1. The molecule has 1 fully saturated rings. The number of nitrogen functional groups attached to an aromatic ring is 1. The van der Waals surface area contributed by atoms with Crippen molar-refractivity contribution in [2.75, 3.05) is 18.8 Å². The van der Waals surface area contributed by atoms with Gasteiger partial charge in [-0.1, -0.05) is 18.2 Å². The van der Waals surface area contributed by atoms with Crippen LogP contribution in [0, 0.1) is 0 Å². The Balaban J connectivity index is 0.00000208. The van der Waals surface area contributed by atoms with Crippen LogP contribution in [0.2, 0.25) is 0 Å². The molecule has 1 aliphatic rings. The van der Waals surface area contributed by atoms with E-state index in [0.717, 1.165) is 37.4 Å². The predicted molar refractivity (Wildman–Crippen MR) is 96.3 cm³/mol. The van der Waals surface area contributed by atoms with Crippen LogP contribution in [0.4, 0.5) is 5.69 Å². The first kappa shape index (κ1) is 18.1. The highest BCUT2D eigenvalue weighted by atomic mass is 35.5. The third kappa shape index (κ3) is 4.86. The molecule has 2 aromatic rings. The summed E-state index contributed by atoms with van der Waals surface area (Å²) in [6, 6.07) is 13.4. The molecule has 1 aromatic carbocycles. The van der Waals surface area contributed by atoms with Crippen LogP contribution in [-0.2, 0) is 11.2 Å². The van der Waals surface area contributed by atoms with E-state index in [1.807, 2.05) is 35.2 Å². The lowest BCUT2D eigenvalue weighted by molar-refractivity contribution is -0.132. The molecular formula is C18H22ClN3O2. The van der Waals surface area contributed by atoms with E-state index in [4.69, 9.17) is 10.5 Å². The van der Waals surface area contributed by atoms with Crippen LogP contribution >= 0.6 is 12.4 Å². The highest BCUT2D eigenvalue weighted by molar-refractivity contribution is 5.85. The van der Waals surface area contributed by atoms with Gasteiger partial charge in [0.25, 0.3) is 0 Å². The lowest BCUT2D eigenvalue weighted by atomic mass is 10.1. The van der Waals surface area contributed by atoms with Crippen LogP contribution in [0.5, 0.6) is 5.75 Å². The molecule has 0 unspecified atom stereocenters. The standard InChI is InChI=1S/C18H21N3O2.ClH/c19-14-6-7-15(20-13-14)12-18(22)21-10-8-17(9-11-21)23-16-4-2-1-3-5-16;/h1-7,13,17H,8-12,19H2;1H. The highest BCUT2D eigenvalue weighted by Gasteiger charge is 2.24. The third-order valence-electron chi connectivity index (χ3n) is 4.02. The molecule has 0 saturated carbocycles. The number of hydrogen-bond acceptors (Lipinski definition) is 4. The largest absolute Gasteiger partial charge is 0.490 e. The van der Waals surface area contributed by atoms with Gasteiger partial charge in [0.05, 0.1) is 18.3 Å². The Morgan fingerprint density at radius 1 is 1.17 bits per heavy atom. The minimum Gasteiger partial charge on any atom is -0.490 e. The van der Waals surface area contributed by atoms with Gasteiger partial charge < -0.3 is 15.4 Å². The molecule has 1 aromatic heterocycles. The lowest BCUT2D eigenvalue weighted by Crippen LogP contribution is -2.42. The minimum absolute atomic E-state index is 0. The summed E-state index contributed by atoms with van der Waals surface area (Å²) in [4.78, 5) is 18.4. The zero-order valence-electron chi connectivity index (χ0n) is 13.4. The molecule has 0 atom stereocenters. The summed E-state index contributed by atoms with van der Waals surface area (Å²) < 4.78 is 5.95. The highest BCUT2D eigenvalue weighted by Crippen LogP contribution is 2.19. The Hall–Kier alpha value is -2.27. The van der Waals surface area contributed by atoms with Crippen molar-refractivity contribution in [3.63, 3.8) is 0 Å². The fourth-order valence-electron chi connectivity index (χ4n) is 2.72. The van der Waals surface area contributed by atoms with Crippen molar-refractivity contribution in [2.45, 2.75) is 25.4 Å². The van der Waals surface area contributed by atoms with Crippen molar-refractivity contribution in [3.05, 3.63) is 54.4 Å². The Morgan fingerprint density at radius 3 is 2.50 bits per heavy atom. The second kappa shape index (κ2) is 8.55. The number of halogens is 1. The smallest absolute Gasteiger partial charge is 0.228 e. The second-order valence-electron chi connectivity index (χ2n) is 5.77. The van der Waals surface area contributed by atoms with Crippen LogP contribution in [0.1, 0.15) is 18.5 Å². The van der Waals surface area contributed by atoms with E-state index in [1.165, 1.54) is 0 Å². The van der Waals surface area contributed by atoms with Crippen molar-refractivity contribution in [1.29, 1.82) is 0 Å². The molecule has 3 rings (SSSR count). The van der Waals surface area contributed by atoms with Crippen LogP contribution in [0.3, 0.4) is 0 Å². The fraction of sp³-hybridized carbons (Fsp3) is 0.333. The number of ether oxygens (including phenoxy) is 1. The number of rotatable bonds is 4. The van der Waals surface area contributed by atoms with E-state index in [1.54, 1.807) is 18.3 Å². The number of aromatic nitrogens is 1. The predicted octanol–water partition coefficient (Wildman–Crippen LogP) is 2.70. The van der Waals surface area contributed by atoms with E-state index in [-0.39, 0.29) is 24.4 Å². The average molecular weight is 348 g/mol. The van der Waals surface area contributed by atoms with Crippen LogP contribution in [0.25, 0.3) is 0 Å². The van der Waals surface area contributed by atoms with Crippen LogP contribution < -0.4 is 10.5 Å². The number of piperidine rings is 1. The third-order valence-corrected chi connectivity index (χ3v) is 4.02. The number of carbonyl (C=O) groups excluding carboxylic acids is 1. The number of carbonyl (C=O) groups is 1. The summed E-state index contributed by atoms with van der Waals surface area (Å²) in [6.07, 6.45) is 3.80. The molecule has 5 nitrogen and oxygen atoms in total. The molecule has 0 bridgehead atoms. The number of hydrogen-bond donors (Lipinski definition) is 1. The molecule has 128 valence electrons. The van der Waals surface area contributed by atoms with Gasteiger partial charge in [0.2, 0.25) is 5.91 Å². The van der Waals surface area contributed by atoms with Crippen molar-refractivity contribution in [2.24, 2.45) is 0 Å². The zero-order valence-corrected chi connectivity index (χ0v) is 14.2. The first-order valence-corrected chi connectivity index (χ1v) is 7.90. The lowest BCUT2D eigenvalue weighted by Gasteiger charge is -2.32.